The summed E-state index contributed by atoms with van der Waals surface area (Å²) >= 11 is 0. The minimum absolute atomic E-state index is 0.0172. The number of halogens is 4. The molecule has 39 heavy (non-hydrogen) atoms. The molecule has 0 saturated carbocycles. The zero-order valence-corrected chi connectivity index (χ0v) is 20.2. The van der Waals surface area contributed by atoms with Crippen LogP contribution in [0.5, 0.6) is 17.2 Å². The molecular formula is C29H21F4N3O3. The second-order valence-electron chi connectivity index (χ2n) is 8.48. The molecule has 1 aliphatic heterocycles. The van der Waals surface area contributed by atoms with Gasteiger partial charge in [0.2, 0.25) is 0 Å². The third-order valence-electron chi connectivity index (χ3n) is 5.81. The fourth-order valence-electron chi connectivity index (χ4n) is 3.99. The molecule has 0 unspecified atom stereocenters. The van der Waals surface area contributed by atoms with Gasteiger partial charge in [-0.3, -0.25) is 5.43 Å². The molecule has 1 heterocycles. The van der Waals surface area contributed by atoms with Crippen LogP contribution in [0.25, 0.3) is 11.3 Å². The molecule has 1 aliphatic rings. The Morgan fingerprint density at radius 1 is 0.795 bits per heavy atom. The van der Waals surface area contributed by atoms with Crippen molar-refractivity contribution in [3.63, 3.8) is 0 Å². The van der Waals surface area contributed by atoms with Crippen LogP contribution in [0.4, 0.5) is 28.0 Å². The highest BCUT2D eigenvalue weighted by atomic mass is 19.3. The van der Waals surface area contributed by atoms with Crippen molar-refractivity contribution >= 4 is 23.0 Å². The molecule has 0 atom stereocenters. The first-order valence-electron chi connectivity index (χ1n) is 11.8. The van der Waals surface area contributed by atoms with Gasteiger partial charge in [-0.1, -0.05) is 24.3 Å². The van der Waals surface area contributed by atoms with Gasteiger partial charge in [-0.05, 0) is 78.4 Å². The summed E-state index contributed by atoms with van der Waals surface area (Å²) in [5.74, 6) is 0.0753. The molecule has 0 fully saturated rings. The summed E-state index contributed by atoms with van der Waals surface area (Å²) in [7, 11) is 0. The molecule has 4 aromatic rings. The van der Waals surface area contributed by atoms with Crippen molar-refractivity contribution < 1.29 is 31.8 Å². The molecule has 6 nitrogen and oxygen atoms in total. The Hall–Kier alpha value is -4.99. The average Bonchev–Trinajstić information content (AvgIpc) is 3.37. The van der Waals surface area contributed by atoms with Crippen LogP contribution < -0.4 is 20.2 Å². The van der Waals surface area contributed by atoms with Crippen molar-refractivity contribution in [1.82, 2.24) is 10.4 Å². The van der Waals surface area contributed by atoms with Gasteiger partial charge in [0.05, 0.1) is 12.2 Å². The van der Waals surface area contributed by atoms with E-state index in [-0.39, 0.29) is 12.3 Å². The third kappa shape index (κ3) is 6.30. The third-order valence-corrected chi connectivity index (χ3v) is 5.81. The number of amides is 2. The van der Waals surface area contributed by atoms with Crippen LogP contribution in [0.2, 0.25) is 0 Å². The smallest absolute Gasteiger partial charge is 0.387 e. The Bertz CT molecular complexity index is 1490. The Morgan fingerprint density at radius 3 is 2.08 bits per heavy atom. The van der Waals surface area contributed by atoms with E-state index < -0.39 is 24.3 Å². The average molecular weight is 535 g/mol. The molecule has 2 amide bonds. The number of anilines is 1. The predicted molar refractivity (Wildman–Crippen MR) is 138 cm³/mol. The van der Waals surface area contributed by atoms with Crippen LogP contribution in [0.15, 0.2) is 97.1 Å². The number of carbonyl (C=O) groups excluding carboxylic acids is 1. The van der Waals surface area contributed by atoms with Crippen molar-refractivity contribution in [1.29, 1.82) is 0 Å². The number of carbonyl (C=O) groups is 1. The van der Waals surface area contributed by atoms with Gasteiger partial charge < -0.3 is 14.8 Å². The first kappa shape index (κ1) is 25.7. The zero-order valence-electron chi connectivity index (χ0n) is 20.2. The molecule has 0 saturated heterocycles. The fourth-order valence-corrected chi connectivity index (χ4v) is 3.99. The standard InChI is InChI=1S/C29H21F4N3O3/c30-20-6-4-18(5-7-20)26-17-36(35-27(26)19-2-1-3-21(31)16-19)29(37)34-22-8-10-23(11-9-22)38-24-12-14-25(15-13-24)39-28(32)33/h1-16,28,35H,17H2,(H,34,37). The lowest BCUT2D eigenvalue weighted by atomic mass is 10.0. The van der Waals surface area contributed by atoms with Gasteiger partial charge in [0.15, 0.2) is 0 Å². The van der Waals surface area contributed by atoms with E-state index in [1.807, 2.05) is 0 Å². The lowest BCUT2D eigenvalue weighted by Crippen LogP contribution is -2.40. The summed E-state index contributed by atoms with van der Waals surface area (Å²) in [6.45, 7) is -2.76. The maximum atomic E-state index is 13.9. The summed E-state index contributed by atoms with van der Waals surface area (Å²) in [5, 5.41) is 4.13. The number of alkyl halides is 2. The molecule has 0 aromatic heterocycles. The lowest BCUT2D eigenvalue weighted by Gasteiger charge is -2.19. The van der Waals surface area contributed by atoms with Crippen molar-refractivity contribution in [2.75, 3.05) is 11.9 Å². The van der Waals surface area contributed by atoms with Crippen LogP contribution in [0, 0.1) is 11.6 Å². The van der Waals surface area contributed by atoms with Gasteiger partial charge in [0, 0.05) is 16.8 Å². The highest BCUT2D eigenvalue weighted by molar-refractivity contribution is 5.98. The predicted octanol–water partition coefficient (Wildman–Crippen LogP) is 7.28. The number of nitrogens with zero attached hydrogens (tertiary/aromatic N) is 1. The number of benzene rings is 4. The molecule has 0 radical (unpaired) electrons. The summed E-state index contributed by atoms with van der Waals surface area (Å²) in [4.78, 5) is 13.1. The topological polar surface area (TPSA) is 62.8 Å². The van der Waals surface area contributed by atoms with Crippen LogP contribution in [-0.2, 0) is 0 Å². The highest BCUT2D eigenvalue weighted by Crippen LogP contribution is 2.31. The summed E-state index contributed by atoms with van der Waals surface area (Å²) in [6.07, 6.45) is 0. The summed E-state index contributed by atoms with van der Waals surface area (Å²) in [6, 6.07) is 23.6. The zero-order chi connectivity index (χ0) is 27.4. The second-order valence-corrected chi connectivity index (χ2v) is 8.48. The number of urea groups is 1. The van der Waals surface area contributed by atoms with Gasteiger partial charge in [-0.25, -0.2) is 18.6 Å². The molecule has 0 spiro atoms. The van der Waals surface area contributed by atoms with Gasteiger partial charge in [0.1, 0.15) is 28.9 Å². The maximum Gasteiger partial charge on any atom is 0.387 e. The molecule has 198 valence electrons. The largest absolute Gasteiger partial charge is 0.457 e. The molecular weight excluding hydrogens is 514 g/mol. The fraction of sp³-hybridized carbons (Fsp3) is 0.0690. The summed E-state index contributed by atoms with van der Waals surface area (Å²) in [5.41, 5.74) is 5.98. The molecule has 10 heteroatoms. The Balaban J connectivity index is 1.26. The van der Waals surface area contributed by atoms with Crippen molar-refractivity contribution in [3.05, 3.63) is 120 Å². The Kier molecular flexibility index (Phi) is 7.35. The molecule has 4 aromatic carbocycles. The van der Waals surface area contributed by atoms with Crippen molar-refractivity contribution in [2.45, 2.75) is 6.61 Å². The van der Waals surface area contributed by atoms with E-state index >= 15 is 0 Å². The van der Waals surface area contributed by atoms with E-state index in [1.165, 1.54) is 53.5 Å². The maximum absolute atomic E-state index is 13.9. The van der Waals surface area contributed by atoms with E-state index in [9.17, 15) is 22.4 Å². The first-order valence-corrected chi connectivity index (χ1v) is 11.8. The molecule has 2 N–H and O–H groups in total. The second kappa shape index (κ2) is 11.2. The number of hydrogen-bond acceptors (Lipinski definition) is 4. The quantitative estimate of drug-likeness (QED) is 0.244. The van der Waals surface area contributed by atoms with Crippen LogP contribution in [0.1, 0.15) is 11.1 Å². The highest BCUT2D eigenvalue weighted by Gasteiger charge is 2.27. The molecule has 0 aliphatic carbocycles. The number of hydrazine groups is 1. The number of nitrogens with one attached hydrogen (secondary N) is 2. The minimum atomic E-state index is -2.91. The lowest BCUT2D eigenvalue weighted by molar-refractivity contribution is -0.0498. The monoisotopic (exact) mass is 535 g/mol. The Morgan fingerprint density at radius 2 is 1.44 bits per heavy atom. The number of rotatable bonds is 7. The van der Waals surface area contributed by atoms with Gasteiger partial charge in [-0.2, -0.15) is 8.78 Å². The van der Waals surface area contributed by atoms with Gasteiger partial charge in [-0.15, -0.1) is 0 Å². The van der Waals surface area contributed by atoms with E-state index in [1.54, 1.807) is 48.5 Å². The van der Waals surface area contributed by atoms with E-state index in [0.29, 0.717) is 39.6 Å². The Labute approximate surface area is 221 Å². The SMILES string of the molecule is O=C(Nc1ccc(Oc2ccc(OC(F)F)cc2)cc1)N1CC(c2ccc(F)cc2)=C(c2cccc(F)c2)N1. The number of hydrogen-bond donors (Lipinski definition) is 2. The molecule has 5 rings (SSSR count). The van der Waals surface area contributed by atoms with Crippen LogP contribution in [-0.4, -0.2) is 24.2 Å². The van der Waals surface area contributed by atoms with E-state index in [0.717, 1.165) is 0 Å². The molecule has 0 bridgehead atoms. The van der Waals surface area contributed by atoms with E-state index in [4.69, 9.17) is 4.74 Å². The van der Waals surface area contributed by atoms with Crippen molar-refractivity contribution in [3.8, 4) is 17.2 Å². The van der Waals surface area contributed by atoms with Gasteiger partial charge in [0.25, 0.3) is 0 Å². The van der Waals surface area contributed by atoms with Crippen LogP contribution >= 0.6 is 0 Å². The summed E-state index contributed by atoms with van der Waals surface area (Å²) < 4.78 is 62.1. The van der Waals surface area contributed by atoms with E-state index in [2.05, 4.69) is 15.5 Å². The number of ether oxygens (including phenoxy) is 2. The van der Waals surface area contributed by atoms with Crippen LogP contribution in [0.3, 0.4) is 0 Å². The van der Waals surface area contributed by atoms with Gasteiger partial charge >= 0.3 is 12.6 Å². The normalized spacial score (nSPS) is 12.9. The minimum Gasteiger partial charge on any atom is -0.457 e. The van der Waals surface area contributed by atoms with Crippen molar-refractivity contribution in [2.24, 2.45) is 0 Å². The first-order chi connectivity index (χ1) is 18.8.